The van der Waals surface area contributed by atoms with Gasteiger partial charge in [-0.3, -0.25) is 0 Å². The van der Waals surface area contributed by atoms with Crippen molar-refractivity contribution in [3.05, 3.63) is 53.5 Å². The highest BCUT2D eigenvalue weighted by Crippen LogP contribution is 2.23. The molecule has 2 N–H and O–H groups in total. The van der Waals surface area contributed by atoms with Crippen molar-refractivity contribution in [2.75, 3.05) is 0 Å². The zero-order valence-corrected chi connectivity index (χ0v) is 10.4. The topological polar surface area (TPSA) is 74.6 Å². The third-order valence-electron chi connectivity index (χ3n) is 2.75. The molecule has 0 aliphatic heterocycles. The van der Waals surface area contributed by atoms with Gasteiger partial charge in [-0.2, -0.15) is 0 Å². The normalized spacial score (nSPS) is 24.4. The van der Waals surface area contributed by atoms with Gasteiger partial charge in [0.1, 0.15) is 0 Å². The number of hydrogen-bond acceptors (Lipinski definition) is 4. The first-order valence-corrected chi connectivity index (χ1v) is 7.05. The molecule has 0 saturated heterocycles. The molecule has 1 aromatic carbocycles. The smallest absolute Gasteiger partial charge is 0.206 e. The minimum absolute atomic E-state index is 0.0118. The number of hydrogen-bond donors (Lipinski definition) is 2. The quantitative estimate of drug-likeness (QED) is 0.838. The molecule has 1 aliphatic carbocycles. The first-order valence-electron chi connectivity index (χ1n) is 5.56. The maximum Gasteiger partial charge on any atom is 0.206 e. The van der Waals surface area contributed by atoms with Crippen LogP contribution in [0.3, 0.4) is 0 Å². The molecule has 4 nitrogen and oxygen atoms in total. The molecule has 0 aromatic heterocycles. The molecule has 0 radical (unpaired) electrons. The van der Waals surface area contributed by atoms with E-state index in [1.54, 1.807) is 24.3 Å². The van der Waals surface area contributed by atoms with Crippen molar-refractivity contribution < 1.29 is 18.6 Å². The second-order valence-electron chi connectivity index (χ2n) is 4.08. The number of sulfone groups is 1. The lowest BCUT2D eigenvalue weighted by molar-refractivity contribution is 0.0517. The third-order valence-corrected chi connectivity index (χ3v) is 4.54. The molecule has 0 fully saturated rings. The summed E-state index contributed by atoms with van der Waals surface area (Å²) < 4.78 is 24.6. The van der Waals surface area contributed by atoms with Crippen LogP contribution in [-0.2, 0) is 9.84 Å². The average Bonchev–Trinajstić information content (AvgIpc) is 2.54. The van der Waals surface area contributed by atoms with Gasteiger partial charge in [0, 0.05) is 0 Å². The minimum Gasteiger partial charge on any atom is -0.390 e. The van der Waals surface area contributed by atoms with E-state index in [0.717, 1.165) is 0 Å². The van der Waals surface area contributed by atoms with Crippen molar-refractivity contribution in [2.24, 2.45) is 0 Å². The minimum atomic E-state index is -3.64. The Labute approximate surface area is 106 Å². The third kappa shape index (κ3) is 2.53. The van der Waals surface area contributed by atoms with Gasteiger partial charge in [-0.05, 0) is 30.7 Å². The Morgan fingerprint density at radius 1 is 1.11 bits per heavy atom. The fourth-order valence-electron chi connectivity index (χ4n) is 1.71. The van der Waals surface area contributed by atoms with E-state index in [4.69, 9.17) is 0 Å². The predicted octanol–water partition coefficient (Wildman–Crippen LogP) is 1.03. The highest BCUT2D eigenvalue weighted by atomic mass is 32.2. The second-order valence-corrected chi connectivity index (χ2v) is 6.03. The first-order chi connectivity index (χ1) is 8.51. The van der Waals surface area contributed by atoms with Crippen molar-refractivity contribution in [3.63, 3.8) is 0 Å². The fraction of sp³-hybridized carbons (Fsp3) is 0.231. The fourth-order valence-corrected chi connectivity index (χ4v) is 3.09. The van der Waals surface area contributed by atoms with E-state index in [2.05, 4.69) is 0 Å². The Hall–Kier alpha value is -1.43. The Morgan fingerprint density at radius 3 is 2.44 bits per heavy atom. The Balaban J connectivity index is 2.45. The van der Waals surface area contributed by atoms with Crippen molar-refractivity contribution in [1.29, 1.82) is 0 Å². The maximum absolute atomic E-state index is 12.3. The highest BCUT2D eigenvalue weighted by molar-refractivity contribution is 7.95. The van der Waals surface area contributed by atoms with E-state index in [0.29, 0.717) is 0 Å². The summed E-state index contributed by atoms with van der Waals surface area (Å²) in [6, 6.07) is 8.00. The maximum atomic E-state index is 12.3. The van der Waals surface area contributed by atoms with Crippen molar-refractivity contribution in [2.45, 2.75) is 23.5 Å². The molecule has 0 spiro atoms. The first kappa shape index (κ1) is 13.0. The van der Waals surface area contributed by atoms with Crippen LogP contribution in [0.5, 0.6) is 0 Å². The summed E-state index contributed by atoms with van der Waals surface area (Å²) in [6.07, 6.45) is 2.23. The van der Waals surface area contributed by atoms with Gasteiger partial charge in [0.15, 0.2) is 0 Å². The molecular weight excluding hydrogens is 252 g/mol. The van der Waals surface area contributed by atoms with Gasteiger partial charge in [0.05, 0.1) is 22.0 Å². The molecule has 0 amide bonds. The molecule has 96 valence electrons. The van der Waals surface area contributed by atoms with Gasteiger partial charge in [-0.1, -0.05) is 24.3 Å². The van der Waals surface area contributed by atoms with Crippen molar-refractivity contribution >= 4 is 9.84 Å². The lowest BCUT2D eigenvalue weighted by Crippen LogP contribution is -2.22. The summed E-state index contributed by atoms with van der Waals surface area (Å²) in [5, 5.41) is 19.1. The van der Waals surface area contributed by atoms with E-state index < -0.39 is 22.0 Å². The van der Waals surface area contributed by atoms with Crippen LogP contribution in [0.1, 0.15) is 6.42 Å². The van der Waals surface area contributed by atoms with Gasteiger partial charge in [-0.25, -0.2) is 8.42 Å². The Bertz CT molecular complexity index is 572. The molecule has 0 unspecified atom stereocenters. The van der Waals surface area contributed by atoms with Gasteiger partial charge in [-0.15, -0.1) is 0 Å². The summed E-state index contributed by atoms with van der Waals surface area (Å²) in [5.41, 5.74) is 0. The van der Waals surface area contributed by atoms with Gasteiger partial charge in [0.25, 0.3) is 0 Å². The molecule has 2 atom stereocenters. The summed E-state index contributed by atoms with van der Waals surface area (Å²) in [7, 11) is -3.64. The van der Waals surface area contributed by atoms with Gasteiger partial charge >= 0.3 is 0 Å². The molecule has 18 heavy (non-hydrogen) atoms. The monoisotopic (exact) mass is 266 g/mol. The summed E-state index contributed by atoms with van der Waals surface area (Å²) in [6.45, 7) is 0. The molecule has 0 saturated carbocycles. The number of aliphatic hydroxyl groups is 2. The Morgan fingerprint density at radius 2 is 1.78 bits per heavy atom. The predicted molar refractivity (Wildman–Crippen MR) is 67.5 cm³/mol. The average molecular weight is 266 g/mol. The van der Waals surface area contributed by atoms with Crippen LogP contribution in [0.4, 0.5) is 0 Å². The number of aliphatic hydroxyl groups excluding tert-OH is 2. The lowest BCUT2D eigenvalue weighted by atomic mass is 10.1. The molecule has 0 bridgehead atoms. The van der Waals surface area contributed by atoms with Crippen LogP contribution in [0.2, 0.25) is 0 Å². The van der Waals surface area contributed by atoms with Crippen LogP contribution in [-0.4, -0.2) is 30.8 Å². The summed E-state index contributed by atoms with van der Waals surface area (Å²) in [4.78, 5) is 0.183. The number of benzene rings is 1. The SMILES string of the molecule is O=S(=O)(C1=C[C@H](O)[C@H](O)CC=C1)c1ccccc1. The van der Waals surface area contributed by atoms with E-state index in [1.165, 1.54) is 24.3 Å². The van der Waals surface area contributed by atoms with Crippen molar-refractivity contribution in [3.8, 4) is 0 Å². The number of rotatable bonds is 2. The largest absolute Gasteiger partial charge is 0.390 e. The van der Waals surface area contributed by atoms with Crippen LogP contribution < -0.4 is 0 Å². The lowest BCUT2D eigenvalue weighted by Gasteiger charge is -2.11. The molecule has 1 aliphatic rings. The Kier molecular flexibility index (Phi) is 3.65. The zero-order valence-electron chi connectivity index (χ0n) is 9.60. The zero-order chi connectivity index (χ0) is 13.2. The summed E-state index contributed by atoms with van der Waals surface area (Å²) in [5.74, 6) is 0. The van der Waals surface area contributed by atoms with Gasteiger partial charge < -0.3 is 10.2 Å². The highest BCUT2D eigenvalue weighted by Gasteiger charge is 2.23. The van der Waals surface area contributed by atoms with E-state index in [-0.39, 0.29) is 16.2 Å². The van der Waals surface area contributed by atoms with Crippen LogP contribution in [0.15, 0.2) is 58.4 Å². The molecule has 1 aromatic rings. The van der Waals surface area contributed by atoms with E-state index >= 15 is 0 Å². The molecule has 0 heterocycles. The van der Waals surface area contributed by atoms with Gasteiger partial charge in [0.2, 0.25) is 9.84 Å². The van der Waals surface area contributed by atoms with Crippen LogP contribution in [0, 0.1) is 0 Å². The summed E-state index contributed by atoms with van der Waals surface area (Å²) >= 11 is 0. The van der Waals surface area contributed by atoms with Crippen molar-refractivity contribution in [1.82, 2.24) is 0 Å². The van der Waals surface area contributed by atoms with Crippen LogP contribution >= 0.6 is 0 Å². The van der Waals surface area contributed by atoms with E-state index in [1.807, 2.05) is 0 Å². The van der Waals surface area contributed by atoms with E-state index in [9.17, 15) is 18.6 Å². The second kappa shape index (κ2) is 5.06. The molecule has 2 rings (SSSR count). The van der Waals surface area contributed by atoms with Crippen LogP contribution in [0.25, 0.3) is 0 Å². The standard InChI is InChI=1S/C13H14O4S/c14-12-8-4-7-11(9-13(12)15)18(16,17)10-5-2-1-3-6-10/h1-7,9,12-15H,8H2/t12-,13+/m1/s1. The molecular formula is C13H14O4S. The number of allylic oxidation sites excluding steroid dienone is 1. The molecule has 5 heteroatoms.